The van der Waals surface area contributed by atoms with Crippen molar-refractivity contribution in [2.24, 2.45) is 5.92 Å². The van der Waals surface area contributed by atoms with Gasteiger partial charge in [-0.2, -0.15) is 0 Å². The fourth-order valence-corrected chi connectivity index (χ4v) is 4.56. The standard InChI is InChI=1S/C23H23N3O2S/c1-16-24-20(17-9-4-2-5-10-17)21(29-16)23(28)26-14-8-11-18(15-26)22(27)25-19-12-6-3-7-13-19/h2-7,9-10,12-13,18H,8,11,14-15H2,1H3,(H,25,27). The highest BCUT2D eigenvalue weighted by atomic mass is 32.1. The molecule has 0 radical (unpaired) electrons. The van der Waals surface area contributed by atoms with Crippen molar-refractivity contribution in [1.29, 1.82) is 0 Å². The number of likely N-dealkylation sites (tertiary alicyclic amines) is 1. The van der Waals surface area contributed by atoms with Gasteiger partial charge in [0.25, 0.3) is 5.91 Å². The number of thiazole rings is 1. The van der Waals surface area contributed by atoms with Crippen molar-refractivity contribution in [3.8, 4) is 11.3 Å². The third-order valence-corrected chi connectivity index (χ3v) is 6.06. The van der Waals surface area contributed by atoms with Crippen molar-refractivity contribution in [3.63, 3.8) is 0 Å². The lowest BCUT2D eigenvalue weighted by molar-refractivity contribution is -0.121. The van der Waals surface area contributed by atoms with Crippen LogP contribution in [0.25, 0.3) is 11.3 Å². The second-order valence-corrected chi connectivity index (χ2v) is 8.43. The Morgan fingerprint density at radius 3 is 2.48 bits per heavy atom. The minimum atomic E-state index is -0.206. The van der Waals surface area contributed by atoms with Crippen LogP contribution in [0.4, 0.5) is 5.69 Å². The Bertz CT molecular complexity index is 1000. The van der Waals surface area contributed by atoms with Gasteiger partial charge in [0.05, 0.1) is 16.6 Å². The van der Waals surface area contributed by atoms with Crippen LogP contribution in [0.2, 0.25) is 0 Å². The number of piperidine rings is 1. The number of aryl methyl sites for hydroxylation is 1. The molecule has 1 aromatic heterocycles. The number of carbonyl (C=O) groups is 2. The van der Waals surface area contributed by atoms with Gasteiger partial charge in [0, 0.05) is 24.3 Å². The Balaban J connectivity index is 1.50. The Labute approximate surface area is 174 Å². The summed E-state index contributed by atoms with van der Waals surface area (Å²) >= 11 is 1.42. The molecule has 1 unspecified atom stereocenters. The number of hydrogen-bond donors (Lipinski definition) is 1. The maximum atomic E-state index is 13.3. The van der Waals surface area contributed by atoms with E-state index in [1.807, 2.05) is 67.6 Å². The number of nitrogens with one attached hydrogen (secondary N) is 1. The topological polar surface area (TPSA) is 62.3 Å². The quantitative estimate of drug-likeness (QED) is 0.689. The first-order valence-corrected chi connectivity index (χ1v) is 10.6. The number of hydrogen-bond acceptors (Lipinski definition) is 4. The molecule has 1 aliphatic heterocycles. The number of benzene rings is 2. The normalized spacial score (nSPS) is 16.4. The minimum absolute atomic E-state index is 0.0301. The molecular weight excluding hydrogens is 382 g/mol. The van der Waals surface area contributed by atoms with Crippen LogP contribution in [0.15, 0.2) is 60.7 Å². The van der Waals surface area contributed by atoms with Crippen LogP contribution in [0, 0.1) is 12.8 Å². The number of rotatable bonds is 4. The van der Waals surface area contributed by atoms with Gasteiger partial charge < -0.3 is 10.2 Å². The molecular formula is C23H23N3O2S. The highest BCUT2D eigenvalue weighted by Gasteiger charge is 2.31. The van der Waals surface area contributed by atoms with E-state index in [1.54, 1.807) is 4.90 Å². The van der Waals surface area contributed by atoms with Crippen LogP contribution in [0.1, 0.15) is 27.5 Å². The van der Waals surface area contributed by atoms with E-state index in [-0.39, 0.29) is 17.7 Å². The number of amides is 2. The van der Waals surface area contributed by atoms with Gasteiger partial charge >= 0.3 is 0 Å². The molecule has 1 aliphatic rings. The van der Waals surface area contributed by atoms with Crippen molar-refractivity contribution >= 4 is 28.8 Å². The summed E-state index contributed by atoms with van der Waals surface area (Å²) in [5.74, 6) is -0.272. The second kappa shape index (κ2) is 8.57. The zero-order valence-corrected chi connectivity index (χ0v) is 17.1. The van der Waals surface area contributed by atoms with Gasteiger partial charge in [-0.25, -0.2) is 4.98 Å². The molecule has 2 amide bonds. The molecule has 0 bridgehead atoms. The summed E-state index contributed by atoms with van der Waals surface area (Å²) in [7, 11) is 0. The van der Waals surface area contributed by atoms with E-state index < -0.39 is 0 Å². The molecule has 148 valence electrons. The van der Waals surface area contributed by atoms with Crippen LogP contribution in [-0.2, 0) is 4.79 Å². The summed E-state index contributed by atoms with van der Waals surface area (Å²) in [6.45, 7) is 3.02. The lowest BCUT2D eigenvalue weighted by Crippen LogP contribution is -2.43. The maximum absolute atomic E-state index is 13.3. The summed E-state index contributed by atoms with van der Waals surface area (Å²) in [5.41, 5.74) is 2.45. The first-order chi connectivity index (χ1) is 14.1. The minimum Gasteiger partial charge on any atom is -0.337 e. The summed E-state index contributed by atoms with van der Waals surface area (Å²) in [6.07, 6.45) is 1.60. The van der Waals surface area contributed by atoms with Crippen LogP contribution in [-0.4, -0.2) is 34.8 Å². The van der Waals surface area contributed by atoms with Crippen LogP contribution >= 0.6 is 11.3 Å². The first kappa shape index (κ1) is 19.3. The van der Waals surface area contributed by atoms with Crippen molar-refractivity contribution in [2.45, 2.75) is 19.8 Å². The molecule has 0 spiro atoms. The molecule has 3 aromatic rings. The van der Waals surface area contributed by atoms with E-state index >= 15 is 0 Å². The highest BCUT2D eigenvalue weighted by molar-refractivity contribution is 7.14. The van der Waals surface area contributed by atoms with Gasteiger partial charge in [-0.3, -0.25) is 9.59 Å². The zero-order valence-electron chi connectivity index (χ0n) is 16.3. The lowest BCUT2D eigenvalue weighted by atomic mass is 9.96. The van der Waals surface area contributed by atoms with Crippen molar-refractivity contribution in [2.75, 3.05) is 18.4 Å². The molecule has 1 atom stereocenters. The molecule has 2 aromatic carbocycles. The van der Waals surface area contributed by atoms with Crippen LogP contribution < -0.4 is 5.32 Å². The van der Waals surface area contributed by atoms with Gasteiger partial charge in [-0.05, 0) is 31.9 Å². The van der Waals surface area contributed by atoms with E-state index in [9.17, 15) is 9.59 Å². The molecule has 2 heterocycles. The van der Waals surface area contributed by atoms with Gasteiger partial charge in [0.2, 0.25) is 5.91 Å². The fourth-order valence-electron chi connectivity index (χ4n) is 3.65. The second-order valence-electron chi connectivity index (χ2n) is 7.22. The SMILES string of the molecule is Cc1nc(-c2ccccc2)c(C(=O)N2CCCC(C(=O)Nc3ccccc3)C2)s1. The molecule has 1 N–H and O–H groups in total. The molecule has 0 saturated carbocycles. The molecule has 1 fully saturated rings. The largest absolute Gasteiger partial charge is 0.337 e. The first-order valence-electron chi connectivity index (χ1n) is 9.80. The monoisotopic (exact) mass is 405 g/mol. The van der Waals surface area contributed by atoms with Crippen molar-refractivity contribution in [1.82, 2.24) is 9.88 Å². The summed E-state index contributed by atoms with van der Waals surface area (Å²) in [6, 6.07) is 19.2. The Hall–Kier alpha value is -2.99. The van der Waals surface area contributed by atoms with E-state index in [2.05, 4.69) is 10.3 Å². The average Bonchev–Trinajstić information content (AvgIpc) is 3.16. The molecule has 29 heavy (non-hydrogen) atoms. The molecule has 4 rings (SSSR count). The van der Waals surface area contributed by atoms with Crippen LogP contribution in [0.3, 0.4) is 0 Å². The number of anilines is 1. The Kier molecular flexibility index (Phi) is 5.71. The summed E-state index contributed by atoms with van der Waals surface area (Å²) in [5, 5.41) is 3.83. The predicted molar refractivity (Wildman–Crippen MR) is 116 cm³/mol. The molecule has 1 saturated heterocycles. The lowest BCUT2D eigenvalue weighted by Gasteiger charge is -2.32. The van der Waals surface area contributed by atoms with E-state index in [4.69, 9.17) is 0 Å². The number of para-hydroxylation sites is 1. The molecule has 5 nitrogen and oxygen atoms in total. The number of aromatic nitrogens is 1. The maximum Gasteiger partial charge on any atom is 0.266 e. The van der Waals surface area contributed by atoms with E-state index in [0.717, 1.165) is 34.8 Å². The fraction of sp³-hybridized carbons (Fsp3) is 0.261. The van der Waals surface area contributed by atoms with Crippen molar-refractivity contribution in [3.05, 3.63) is 70.5 Å². The molecule has 6 heteroatoms. The summed E-state index contributed by atoms with van der Waals surface area (Å²) < 4.78 is 0. The number of nitrogens with zero attached hydrogens (tertiary/aromatic N) is 2. The van der Waals surface area contributed by atoms with E-state index in [0.29, 0.717) is 18.0 Å². The van der Waals surface area contributed by atoms with Gasteiger partial charge in [0.15, 0.2) is 0 Å². The average molecular weight is 406 g/mol. The van der Waals surface area contributed by atoms with Gasteiger partial charge in [0.1, 0.15) is 4.88 Å². The Morgan fingerprint density at radius 2 is 1.76 bits per heavy atom. The zero-order chi connectivity index (χ0) is 20.2. The van der Waals surface area contributed by atoms with Crippen molar-refractivity contribution < 1.29 is 9.59 Å². The van der Waals surface area contributed by atoms with Gasteiger partial charge in [-0.15, -0.1) is 11.3 Å². The highest BCUT2D eigenvalue weighted by Crippen LogP contribution is 2.30. The number of carbonyl (C=O) groups excluding carboxylic acids is 2. The van der Waals surface area contributed by atoms with E-state index in [1.165, 1.54) is 11.3 Å². The molecule has 0 aliphatic carbocycles. The third kappa shape index (κ3) is 4.38. The van der Waals surface area contributed by atoms with Gasteiger partial charge in [-0.1, -0.05) is 48.5 Å². The third-order valence-electron chi connectivity index (χ3n) is 5.10. The van der Waals surface area contributed by atoms with Crippen LogP contribution in [0.5, 0.6) is 0 Å². The predicted octanol–water partition coefficient (Wildman–Crippen LogP) is 4.61. The smallest absolute Gasteiger partial charge is 0.266 e. The summed E-state index contributed by atoms with van der Waals surface area (Å²) in [4.78, 5) is 33.1. The Morgan fingerprint density at radius 1 is 1.07 bits per heavy atom.